The Labute approximate surface area is 239 Å². The van der Waals surface area contributed by atoms with Crippen LogP contribution in [0.2, 0.25) is 0 Å². The Hall–Kier alpha value is -4.99. The van der Waals surface area contributed by atoms with E-state index in [1.165, 1.54) is 0 Å². The Morgan fingerprint density at radius 1 is 0.738 bits per heavy atom. The highest BCUT2D eigenvalue weighted by Gasteiger charge is 2.31. The van der Waals surface area contributed by atoms with Gasteiger partial charge in [0.1, 0.15) is 18.1 Å². The van der Waals surface area contributed by atoms with Gasteiger partial charge in [-0.15, -0.1) is 0 Å². The van der Waals surface area contributed by atoms with Gasteiger partial charge in [0.05, 0.1) is 6.04 Å². The zero-order valence-corrected chi connectivity index (χ0v) is 22.6. The van der Waals surface area contributed by atoms with Crippen molar-refractivity contribution in [3.8, 4) is 0 Å². The smallest absolute Gasteiger partial charge is 0.326 e. The fraction of sp³-hybridized carbons (Fsp3) is 0.423. The Morgan fingerprint density at radius 3 is 1.79 bits per heavy atom. The molecule has 12 N–H and O–H groups in total. The van der Waals surface area contributed by atoms with Gasteiger partial charge >= 0.3 is 11.9 Å². The number of nitrogens with two attached hydrogens (primary N) is 3. The van der Waals surface area contributed by atoms with E-state index in [-0.39, 0.29) is 38.5 Å². The summed E-state index contributed by atoms with van der Waals surface area (Å²) in [7, 11) is 0. The van der Waals surface area contributed by atoms with Crippen LogP contribution in [-0.4, -0.2) is 80.8 Å². The zero-order chi connectivity index (χ0) is 31.4. The van der Waals surface area contributed by atoms with Gasteiger partial charge in [-0.1, -0.05) is 18.2 Å². The molecule has 0 aliphatic rings. The number of aromatic nitrogens is 1. The lowest BCUT2D eigenvalue weighted by molar-refractivity contribution is -0.142. The van der Waals surface area contributed by atoms with Gasteiger partial charge in [-0.3, -0.25) is 28.8 Å². The maximum Gasteiger partial charge on any atom is 0.326 e. The molecule has 0 radical (unpaired) electrons. The van der Waals surface area contributed by atoms with Crippen LogP contribution in [0.3, 0.4) is 0 Å². The third-order valence-electron chi connectivity index (χ3n) is 6.34. The molecule has 1 heterocycles. The van der Waals surface area contributed by atoms with E-state index in [2.05, 4.69) is 20.9 Å². The SMILES string of the molecule is NC(=O)CCC(NC(=O)C(CCC(N)=O)NC(=O)C(CCC(=O)O)NC(=O)C(N)Cc1c[nH]c2ccccc12)C(=O)O. The standard InChI is InChI=1S/C26H35N7O9/c27-15(11-13-12-30-16-4-2-1-3-14(13)16)23(38)31-18(7-10-22(36)37)24(39)32-17(5-8-20(28)34)25(40)33-19(26(41)42)6-9-21(29)35/h1-4,12,15,17-19,30H,5-11,27H2,(H2,28,34)(H2,29,35)(H,31,38)(H,32,39)(H,33,40)(H,36,37)(H,41,42). The summed E-state index contributed by atoms with van der Waals surface area (Å²) in [4.78, 5) is 87.2. The van der Waals surface area contributed by atoms with Crippen LogP contribution in [0.4, 0.5) is 0 Å². The molecule has 1 aromatic heterocycles. The number of carboxylic acids is 2. The van der Waals surface area contributed by atoms with Gasteiger partial charge in [-0.25, -0.2) is 4.79 Å². The predicted octanol–water partition coefficient (Wildman–Crippen LogP) is -2.03. The second kappa shape index (κ2) is 15.7. The number of fused-ring (bicyclic) bond motifs is 1. The van der Waals surface area contributed by atoms with Crippen molar-refractivity contribution in [2.24, 2.45) is 17.2 Å². The first-order valence-corrected chi connectivity index (χ1v) is 13.0. The van der Waals surface area contributed by atoms with Gasteiger partial charge in [0, 0.05) is 36.4 Å². The average Bonchev–Trinajstić information content (AvgIpc) is 3.32. The second-order valence-corrected chi connectivity index (χ2v) is 9.63. The van der Waals surface area contributed by atoms with Crippen molar-refractivity contribution in [2.75, 3.05) is 0 Å². The molecule has 5 amide bonds. The summed E-state index contributed by atoms with van der Waals surface area (Å²) in [6, 6.07) is 1.73. The summed E-state index contributed by atoms with van der Waals surface area (Å²) >= 11 is 0. The van der Waals surface area contributed by atoms with Crippen LogP contribution in [0, 0.1) is 0 Å². The molecule has 0 fully saturated rings. The molecule has 2 aromatic rings. The van der Waals surface area contributed by atoms with Crippen molar-refractivity contribution in [2.45, 2.75) is 69.1 Å². The van der Waals surface area contributed by atoms with Gasteiger partial charge in [0.25, 0.3) is 0 Å². The number of aromatic amines is 1. The van der Waals surface area contributed by atoms with E-state index in [1.807, 2.05) is 24.3 Å². The monoisotopic (exact) mass is 589 g/mol. The molecule has 16 nitrogen and oxygen atoms in total. The van der Waals surface area contributed by atoms with E-state index in [4.69, 9.17) is 22.3 Å². The molecule has 42 heavy (non-hydrogen) atoms. The van der Waals surface area contributed by atoms with Crippen molar-refractivity contribution in [3.05, 3.63) is 36.0 Å². The van der Waals surface area contributed by atoms with Crippen LogP contribution in [0.5, 0.6) is 0 Å². The van der Waals surface area contributed by atoms with Crippen LogP contribution in [0.15, 0.2) is 30.5 Å². The Bertz CT molecular complexity index is 1330. The minimum absolute atomic E-state index is 0.0919. The summed E-state index contributed by atoms with van der Waals surface area (Å²) in [6.45, 7) is 0. The third kappa shape index (κ3) is 10.5. The Morgan fingerprint density at radius 2 is 1.24 bits per heavy atom. The molecule has 0 bridgehead atoms. The highest BCUT2D eigenvalue weighted by atomic mass is 16.4. The minimum Gasteiger partial charge on any atom is -0.481 e. The molecule has 0 saturated heterocycles. The number of carbonyl (C=O) groups excluding carboxylic acids is 5. The van der Waals surface area contributed by atoms with Crippen molar-refractivity contribution in [3.63, 3.8) is 0 Å². The largest absolute Gasteiger partial charge is 0.481 e. The number of para-hydroxylation sites is 1. The van der Waals surface area contributed by atoms with Gasteiger partial charge in [-0.05, 0) is 37.3 Å². The number of carbonyl (C=O) groups is 7. The van der Waals surface area contributed by atoms with Crippen LogP contribution in [0.25, 0.3) is 10.9 Å². The number of amides is 5. The molecule has 0 aliphatic heterocycles. The lowest BCUT2D eigenvalue weighted by atomic mass is 10.0. The molecule has 2 rings (SSSR count). The van der Waals surface area contributed by atoms with E-state index in [0.29, 0.717) is 0 Å². The van der Waals surface area contributed by atoms with E-state index in [1.54, 1.807) is 6.20 Å². The maximum absolute atomic E-state index is 13.2. The van der Waals surface area contributed by atoms with Crippen LogP contribution < -0.4 is 33.2 Å². The number of hydrogen-bond donors (Lipinski definition) is 9. The molecule has 4 atom stereocenters. The quantitative estimate of drug-likeness (QED) is 0.0918. The highest BCUT2D eigenvalue weighted by Crippen LogP contribution is 2.19. The fourth-order valence-corrected chi connectivity index (χ4v) is 4.09. The first kappa shape index (κ1) is 33.2. The summed E-state index contributed by atoms with van der Waals surface area (Å²) in [6.07, 6.45) is -0.504. The first-order valence-electron chi connectivity index (χ1n) is 13.0. The summed E-state index contributed by atoms with van der Waals surface area (Å²) in [5, 5.41) is 26.3. The average molecular weight is 590 g/mol. The lowest BCUT2D eigenvalue weighted by Crippen LogP contribution is -2.57. The van der Waals surface area contributed by atoms with E-state index < -0.39 is 72.1 Å². The van der Waals surface area contributed by atoms with Crippen molar-refractivity contribution in [1.82, 2.24) is 20.9 Å². The number of primary amides is 2. The fourth-order valence-electron chi connectivity index (χ4n) is 4.09. The molecule has 0 saturated carbocycles. The number of benzene rings is 1. The zero-order valence-electron chi connectivity index (χ0n) is 22.6. The molecule has 4 unspecified atom stereocenters. The van der Waals surface area contributed by atoms with Crippen molar-refractivity contribution >= 4 is 52.4 Å². The van der Waals surface area contributed by atoms with E-state index in [9.17, 15) is 38.7 Å². The third-order valence-corrected chi connectivity index (χ3v) is 6.34. The Balaban J connectivity index is 2.17. The molecular formula is C26H35N7O9. The summed E-state index contributed by atoms with van der Waals surface area (Å²) in [5.74, 6) is -7.09. The van der Waals surface area contributed by atoms with Crippen LogP contribution >= 0.6 is 0 Å². The highest BCUT2D eigenvalue weighted by molar-refractivity contribution is 5.95. The number of carboxylic acid groups (broad SMARTS) is 2. The van der Waals surface area contributed by atoms with E-state index in [0.717, 1.165) is 16.5 Å². The van der Waals surface area contributed by atoms with Gasteiger partial charge in [0.15, 0.2) is 0 Å². The number of nitrogens with one attached hydrogen (secondary N) is 4. The predicted molar refractivity (Wildman–Crippen MR) is 147 cm³/mol. The molecule has 0 aliphatic carbocycles. The number of aliphatic carboxylic acids is 2. The van der Waals surface area contributed by atoms with Crippen molar-refractivity contribution in [1.29, 1.82) is 0 Å². The lowest BCUT2D eigenvalue weighted by Gasteiger charge is -2.25. The van der Waals surface area contributed by atoms with Crippen LogP contribution in [0.1, 0.15) is 44.1 Å². The number of H-pyrrole nitrogens is 1. The summed E-state index contributed by atoms with van der Waals surface area (Å²) < 4.78 is 0. The van der Waals surface area contributed by atoms with Gasteiger partial charge in [-0.2, -0.15) is 0 Å². The topological polar surface area (TPSA) is 290 Å². The Kier molecular flexibility index (Phi) is 12.4. The first-order chi connectivity index (χ1) is 19.8. The normalized spacial score (nSPS) is 13.7. The van der Waals surface area contributed by atoms with Crippen molar-refractivity contribution < 1.29 is 43.8 Å². The van der Waals surface area contributed by atoms with Gasteiger partial charge in [0.2, 0.25) is 29.5 Å². The van der Waals surface area contributed by atoms with E-state index >= 15 is 0 Å². The number of rotatable bonds is 18. The molecule has 0 spiro atoms. The second-order valence-electron chi connectivity index (χ2n) is 9.63. The summed E-state index contributed by atoms with van der Waals surface area (Å²) in [5.41, 5.74) is 17.9. The molecule has 228 valence electrons. The number of hydrogen-bond acceptors (Lipinski definition) is 8. The molecule has 1 aromatic carbocycles. The van der Waals surface area contributed by atoms with Gasteiger partial charge < -0.3 is 48.3 Å². The van der Waals surface area contributed by atoms with Crippen LogP contribution in [-0.2, 0) is 40.0 Å². The molecule has 16 heteroatoms. The maximum atomic E-state index is 13.2. The minimum atomic E-state index is -1.54. The molecular weight excluding hydrogens is 554 g/mol.